The van der Waals surface area contributed by atoms with Crippen molar-refractivity contribution in [1.82, 2.24) is 5.32 Å². The van der Waals surface area contributed by atoms with Gasteiger partial charge in [-0.1, -0.05) is 42.1 Å². The van der Waals surface area contributed by atoms with Gasteiger partial charge in [-0.3, -0.25) is 0 Å². The van der Waals surface area contributed by atoms with Crippen LogP contribution in [0, 0.1) is 0 Å². The highest BCUT2D eigenvalue weighted by Crippen LogP contribution is 2.33. The van der Waals surface area contributed by atoms with Crippen LogP contribution < -0.4 is 5.32 Å². The number of halogens is 2. The number of allylic oxidation sites excluding steroid dienone is 2. The Morgan fingerprint density at radius 1 is 1.12 bits per heavy atom. The van der Waals surface area contributed by atoms with Gasteiger partial charge in [0.1, 0.15) is 0 Å². The van der Waals surface area contributed by atoms with Gasteiger partial charge in [0.2, 0.25) is 0 Å². The third kappa shape index (κ3) is 2.64. The van der Waals surface area contributed by atoms with Gasteiger partial charge in [0.05, 0.1) is 0 Å². The van der Waals surface area contributed by atoms with Crippen molar-refractivity contribution in [3.63, 3.8) is 0 Å². The lowest BCUT2D eigenvalue weighted by Crippen LogP contribution is -2.04. The summed E-state index contributed by atoms with van der Waals surface area (Å²) in [5.41, 5.74) is 0.918. The minimum Gasteiger partial charge on any atom is -0.368 e. The van der Waals surface area contributed by atoms with E-state index in [2.05, 4.69) is 5.32 Å². The normalized spacial score (nSPS) is 15.4. The van der Waals surface area contributed by atoms with Crippen LogP contribution in [0.4, 0.5) is 8.78 Å². The van der Waals surface area contributed by atoms with Crippen molar-refractivity contribution in [3.05, 3.63) is 54.4 Å². The highest BCUT2D eigenvalue weighted by molar-refractivity contribution is 7.99. The van der Waals surface area contributed by atoms with Crippen LogP contribution in [0.25, 0.3) is 0 Å². The summed E-state index contributed by atoms with van der Waals surface area (Å²) >= 11 is 0.597. The van der Waals surface area contributed by atoms with Crippen LogP contribution >= 0.6 is 11.8 Å². The molecule has 0 amide bonds. The van der Waals surface area contributed by atoms with Crippen molar-refractivity contribution < 1.29 is 8.78 Å². The lowest BCUT2D eigenvalue weighted by molar-refractivity contribution is 0.252. The molecule has 1 aromatic carbocycles. The molecular formula is C12H11F2NS. The molecule has 1 heterocycles. The quantitative estimate of drug-likeness (QED) is 0.807. The Bertz CT molecular complexity index is 403. The molecule has 0 unspecified atom stereocenters. The standard InChI is InChI=1S/C12H11F2NS/c13-12(14)16-11-4-2-1-3-10(11)9-5-7-15-8-6-9/h1-9,12,15H. The molecule has 2 rings (SSSR count). The fourth-order valence-electron chi connectivity index (χ4n) is 1.60. The Morgan fingerprint density at radius 2 is 1.81 bits per heavy atom. The molecule has 16 heavy (non-hydrogen) atoms. The van der Waals surface area contributed by atoms with Gasteiger partial charge in [0.25, 0.3) is 5.76 Å². The van der Waals surface area contributed by atoms with Gasteiger partial charge in [-0.15, -0.1) is 0 Å². The summed E-state index contributed by atoms with van der Waals surface area (Å²) in [4.78, 5) is 0.638. The second kappa shape index (κ2) is 5.16. The molecule has 0 saturated heterocycles. The predicted molar refractivity (Wildman–Crippen MR) is 62.5 cm³/mol. The molecule has 0 radical (unpaired) electrons. The second-order valence-electron chi connectivity index (χ2n) is 3.33. The number of hydrogen-bond acceptors (Lipinski definition) is 2. The highest BCUT2D eigenvalue weighted by Gasteiger charge is 2.14. The molecule has 0 spiro atoms. The Hall–Kier alpha value is -1.29. The molecule has 1 aliphatic rings. The minimum absolute atomic E-state index is 0.0729. The first-order chi connectivity index (χ1) is 7.77. The lowest BCUT2D eigenvalue weighted by Gasteiger charge is -2.15. The van der Waals surface area contributed by atoms with Crippen LogP contribution in [0.3, 0.4) is 0 Å². The number of dihydropyridines is 1. The number of thioether (sulfide) groups is 1. The fraction of sp³-hybridized carbons (Fsp3) is 0.167. The summed E-state index contributed by atoms with van der Waals surface area (Å²) in [6, 6.07) is 7.27. The average Bonchev–Trinajstić information content (AvgIpc) is 2.30. The van der Waals surface area contributed by atoms with E-state index in [0.717, 1.165) is 5.56 Å². The summed E-state index contributed by atoms with van der Waals surface area (Å²) in [7, 11) is 0. The molecule has 1 aliphatic heterocycles. The first-order valence-electron chi connectivity index (χ1n) is 4.90. The predicted octanol–water partition coefficient (Wildman–Crippen LogP) is 3.72. The van der Waals surface area contributed by atoms with Crippen LogP contribution in [0.15, 0.2) is 53.7 Å². The third-order valence-corrected chi connectivity index (χ3v) is 3.10. The van der Waals surface area contributed by atoms with Gasteiger partial charge in [0, 0.05) is 10.8 Å². The molecule has 0 fully saturated rings. The number of rotatable bonds is 3. The molecular weight excluding hydrogens is 228 g/mol. The number of nitrogens with one attached hydrogen (secondary N) is 1. The van der Waals surface area contributed by atoms with Crippen LogP contribution in [0.1, 0.15) is 11.5 Å². The first kappa shape index (κ1) is 11.2. The van der Waals surface area contributed by atoms with Crippen molar-refractivity contribution in [1.29, 1.82) is 0 Å². The Morgan fingerprint density at radius 3 is 2.50 bits per heavy atom. The van der Waals surface area contributed by atoms with Crippen LogP contribution in [0.2, 0.25) is 0 Å². The van der Waals surface area contributed by atoms with Crippen LogP contribution in [0.5, 0.6) is 0 Å². The third-order valence-electron chi connectivity index (χ3n) is 2.29. The van der Waals surface area contributed by atoms with E-state index in [9.17, 15) is 8.78 Å². The highest BCUT2D eigenvalue weighted by atomic mass is 32.2. The summed E-state index contributed by atoms with van der Waals surface area (Å²) < 4.78 is 24.8. The zero-order valence-corrected chi connectivity index (χ0v) is 9.25. The van der Waals surface area contributed by atoms with E-state index in [1.54, 1.807) is 12.1 Å². The molecule has 1 N–H and O–H groups in total. The fourth-order valence-corrected chi connectivity index (χ4v) is 2.29. The maximum absolute atomic E-state index is 12.4. The van der Waals surface area contributed by atoms with Crippen molar-refractivity contribution in [2.45, 2.75) is 16.6 Å². The lowest BCUT2D eigenvalue weighted by atomic mass is 9.98. The molecule has 0 aliphatic carbocycles. The van der Waals surface area contributed by atoms with E-state index in [4.69, 9.17) is 0 Å². The molecule has 84 valence electrons. The topological polar surface area (TPSA) is 12.0 Å². The monoisotopic (exact) mass is 239 g/mol. The Balaban J connectivity index is 2.28. The second-order valence-corrected chi connectivity index (χ2v) is 4.36. The van der Waals surface area contributed by atoms with E-state index in [0.29, 0.717) is 16.7 Å². The number of benzene rings is 1. The van der Waals surface area contributed by atoms with Crippen LogP contribution in [-0.4, -0.2) is 5.76 Å². The SMILES string of the molecule is FC(F)Sc1ccccc1C1C=CNC=C1. The summed E-state index contributed by atoms with van der Waals surface area (Å²) in [6.45, 7) is 0. The van der Waals surface area contributed by atoms with Crippen molar-refractivity contribution >= 4 is 11.8 Å². The molecule has 1 aromatic rings. The Labute approximate surface area is 97.2 Å². The average molecular weight is 239 g/mol. The van der Waals surface area contributed by atoms with Crippen LogP contribution in [-0.2, 0) is 0 Å². The van der Waals surface area contributed by atoms with Crippen molar-refractivity contribution in [3.8, 4) is 0 Å². The molecule has 1 nitrogen and oxygen atoms in total. The summed E-state index contributed by atoms with van der Waals surface area (Å²) in [5, 5.41) is 2.93. The van der Waals surface area contributed by atoms with E-state index in [-0.39, 0.29) is 5.92 Å². The molecule has 0 saturated carbocycles. The summed E-state index contributed by atoms with van der Waals surface area (Å²) in [6.07, 6.45) is 7.53. The van der Waals surface area contributed by atoms with Crippen molar-refractivity contribution in [2.24, 2.45) is 0 Å². The summed E-state index contributed by atoms with van der Waals surface area (Å²) in [5.74, 6) is -2.31. The number of hydrogen-bond donors (Lipinski definition) is 1. The van der Waals surface area contributed by atoms with E-state index < -0.39 is 5.76 Å². The van der Waals surface area contributed by atoms with Gasteiger partial charge in [-0.05, 0) is 24.0 Å². The zero-order valence-electron chi connectivity index (χ0n) is 8.44. The Kier molecular flexibility index (Phi) is 3.62. The van der Waals surface area contributed by atoms with Gasteiger partial charge in [0.15, 0.2) is 0 Å². The van der Waals surface area contributed by atoms with Gasteiger partial charge in [-0.2, -0.15) is 8.78 Å². The largest absolute Gasteiger partial charge is 0.368 e. The molecule has 4 heteroatoms. The maximum atomic E-state index is 12.4. The maximum Gasteiger partial charge on any atom is 0.288 e. The zero-order chi connectivity index (χ0) is 11.4. The van der Waals surface area contributed by atoms with Gasteiger partial charge < -0.3 is 5.32 Å². The first-order valence-corrected chi connectivity index (χ1v) is 5.78. The minimum atomic E-state index is -2.38. The molecule has 0 aromatic heterocycles. The van der Waals surface area contributed by atoms with E-state index in [1.165, 1.54) is 0 Å². The van der Waals surface area contributed by atoms with Crippen molar-refractivity contribution in [2.75, 3.05) is 0 Å². The van der Waals surface area contributed by atoms with Gasteiger partial charge >= 0.3 is 0 Å². The number of alkyl halides is 2. The molecule has 0 bridgehead atoms. The van der Waals surface area contributed by atoms with E-state index >= 15 is 0 Å². The smallest absolute Gasteiger partial charge is 0.288 e. The molecule has 0 atom stereocenters. The van der Waals surface area contributed by atoms with E-state index in [1.807, 2.05) is 36.7 Å². The van der Waals surface area contributed by atoms with Gasteiger partial charge in [-0.25, -0.2) is 0 Å².